The molecule has 0 saturated heterocycles. The van der Waals surface area contributed by atoms with Crippen molar-refractivity contribution < 1.29 is 96.2 Å². The molecule has 0 aromatic rings. The van der Waals surface area contributed by atoms with Crippen LogP contribution in [0.1, 0.15) is 0 Å². The molecule has 0 bridgehead atoms. The maximum atomic E-state index is 0. The summed E-state index contributed by atoms with van der Waals surface area (Å²) in [6, 6.07) is 0. The Hall–Kier alpha value is 3.51. The van der Waals surface area contributed by atoms with Gasteiger partial charge in [0, 0.05) is 85.3 Å². The quantitative estimate of drug-likeness (QED) is 0.383. The molecule has 0 saturated carbocycles. The fourth-order valence-electron chi connectivity index (χ4n) is 0. The fourth-order valence-corrected chi connectivity index (χ4v) is 0. The number of rotatable bonds is 0. The van der Waals surface area contributed by atoms with Crippen molar-refractivity contribution in [1.82, 2.24) is 0 Å². The van der Waals surface area contributed by atoms with Crippen molar-refractivity contribution in [2.45, 2.75) is 0 Å². The second kappa shape index (κ2) is 55.9. The summed E-state index contributed by atoms with van der Waals surface area (Å²) in [5, 5.41) is 0. The molecule has 0 spiro atoms. The van der Waals surface area contributed by atoms with Crippen molar-refractivity contribution in [1.29, 1.82) is 0 Å². The minimum atomic E-state index is 0. The summed E-state index contributed by atoms with van der Waals surface area (Å²) in [6.07, 6.45) is 0. The van der Waals surface area contributed by atoms with Crippen molar-refractivity contribution in [3.63, 3.8) is 0 Å². The van der Waals surface area contributed by atoms with Crippen LogP contribution in [0.4, 0.5) is 0 Å². The molecule has 3 radical (unpaired) electrons. The van der Waals surface area contributed by atoms with Crippen LogP contribution in [0.5, 0.6) is 0 Å². The Bertz CT molecular complexity index is 15.7. The first kappa shape index (κ1) is 77.1. The average Bonchev–Trinajstić information content (AvgIpc) is 0. The van der Waals surface area contributed by atoms with E-state index in [1.807, 2.05) is 0 Å². The molecular weight excluding hydrogens is 420 g/mol. The van der Waals surface area contributed by atoms with Gasteiger partial charge in [-0.3, -0.25) is 0 Å². The molecule has 0 heterocycles. The third kappa shape index (κ3) is 43.5. The van der Waals surface area contributed by atoms with Crippen molar-refractivity contribution in [2.75, 3.05) is 0 Å². The molecular formula is H6AgO2SnTi2Zn. The van der Waals surface area contributed by atoms with E-state index in [2.05, 4.69) is 0 Å². The van der Waals surface area contributed by atoms with Gasteiger partial charge in [-0.1, -0.05) is 0 Å². The first-order valence-corrected chi connectivity index (χ1v) is 0. The SMILES string of the molecule is O.O.[Ag].[SnH2].[Ti].[Ti].[Zn]. The molecule has 0 unspecified atom stereocenters. The van der Waals surface area contributed by atoms with Gasteiger partial charge >= 0.3 is 23.9 Å². The molecule has 0 aromatic carbocycles. The normalized spacial score (nSPS) is 0. The summed E-state index contributed by atoms with van der Waals surface area (Å²) in [7, 11) is 0. The molecule has 0 aliphatic heterocycles. The molecule has 4 N–H and O–H groups in total. The Morgan fingerprint density at radius 1 is 0.714 bits per heavy atom. The summed E-state index contributed by atoms with van der Waals surface area (Å²) >= 11 is 0. The summed E-state index contributed by atoms with van der Waals surface area (Å²) in [5.41, 5.74) is 0. The average molecular weight is 426 g/mol. The topological polar surface area (TPSA) is 63.0 Å². The van der Waals surface area contributed by atoms with Gasteiger partial charge in [0.2, 0.25) is 0 Å². The van der Waals surface area contributed by atoms with E-state index in [0.29, 0.717) is 0 Å². The molecule has 0 fully saturated rings. The van der Waals surface area contributed by atoms with E-state index in [1.165, 1.54) is 0 Å². The van der Waals surface area contributed by atoms with Gasteiger partial charge in [0.15, 0.2) is 0 Å². The van der Waals surface area contributed by atoms with Gasteiger partial charge in [-0.2, -0.15) is 0 Å². The van der Waals surface area contributed by atoms with Gasteiger partial charge in [-0.25, -0.2) is 0 Å². The van der Waals surface area contributed by atoms with E-state index in [9.17, 15) is 0 Å². The molecule has 2 nitrogen and oxygen atoms in total. The molecule has 0 atom stereocenters. The van der Waals surface area contributed by atoms with Gasteiger partial charge in [0.25, 0.3) is 0 Å². The van der Waals surface area contributed by atoms with Crippen LogP contribution in [-0.2, 0) is 85.3 Å². The molecule has 0 aliphatic rings. The molecule has 0 rings (SSSR count). The van der Waals surface area contributed by atoms with E-state index in [0.717, 1.165) is 0 Å². The Morgan fingerprint density at radius 3 is 0.714 bits per heavy atom. The van der Waals surface area contributed by atoms with Crippen LogP contribution in [0, 0.1) is 0 Å². The van der Waals surface area contributed by atoms with E-state index in [-0.39, 0.29) is 120 Å². The summed E-state index contributed by atoms with van der Waals surface area (Å²) in [5.74, 6) is 0. The molecule has 7 heteroatoms. The summed E-state index contributed by atoms with van der Waals surface area (Å²) in [6.45, 7) is 0. The smallest absolute Gasteiger partial charge is 0 e. The van der Waals surface area contributed by atoms with Crippen LogP contribution in [-0.4, -0.2) is 34.9 Å². The van der Waals surface area contributed by atoms with Crippen molar-refractivity contribution in [3.8, 4) is 0 Å². The van der Waals surface area contributed by atoms with E-state index >= 15 is 0 Å². The third-order valence-corrected chi connectivity index (χ3v) is 0. The van der Waals surface area contributed by atoms with E-state index < -0.39 is 0 Å². The summed E-state index contributed by atoms with van der Waals surface area (Å²) in [4.78, 5) is 0. The predicted octanol–water partition coefficient (Wildman–Crippen LogP) is -2.58. The maximum Gasteiger partial charge on any atom is 0 e. The maximum absolute atomic E-state index is 0. The van der Waals surface area contributed by atoms with Gasteiger partial charge < -0.3 is 11.0 Å². The third-order valence-electron chi connectivity index (χ3n) is 0. The Morgan fingerprint density at radius 2 is 0.714 bits per heavy atom. The Kier molecular flexibility index (Phi) is 616. The van der Waals surface area contributed by atoms with Crippen LogP contribution in [0.3, 0.4) is 0 Å². The Labute approximate surface area is 118 Å². The largest absolute Gasteiger partial charge is 0 e. The van der Waals surface area contributed by atoms with Crippen molar-refractivity contribution in [2.24, 2.45) is 0 Å². The minimum absolute atomic E-state index is 0. The second-order valence-electron chi connectivity index (χ2n) is 0. The molecule has 0 amide bonds. The van der Waals surface area contributed by atoms with Crippen molar-refractivity contribution >= 4 is 23.9 Å². The van der Waals surface area contributed by atoms with Gasteiger partial charge in [-0.05, 0) is 0 Å². The van der Waals surface area contributed by atoms with Gasteiger partial charge in [-0.15, -0.1) is 0 Å². The van der Waals surface area contributed by atoms with Crippen LogP contribution < -0.4 is 0 Å². The number of hydrogen-bond acceptors (Lipinski definition) is 0. The van der Waals surface area contributed by atoms with Crippen LogP contribution >= 0.6 is 0 Å². The van der Waals surface area contributed by atoms with Crippen LogP contribution in [0.15, 0.2) is 0 Å². The fraction of sp³-hybridized carbons (Fsp3) is 0. The minimum Gasteiger partial charge on any atom is 0 e. The summed E-state index contributed by atoms with van der Waals surface area (Å²) < 4.78 is 0. The van der Waals surface area contributed by atoms with Gasteiger partial charge in [0.1, 0.15) is 0 Å². The zero-order valence-electron chi connectivity index (χ0n) is 3.72. The molecule has 43 valence electrons. The van der Waals surface area contributed by atoms with E-state index in [4.69, 9.17) is 0 Å². The molecule has 7 heavy (non-hydrogen) atoms. The molecule has 0 aromatic heterocycles. The second-order valence-corrected chi connectivity index (χ2v) is 0. The molecule has 0 aliphatic carbocycles. The van der Waals surface area contributed by atoms with Crippen molar-refractivity contribution in [3.05, 3.63) is 0 Å². The zero-order chi connectivity index (χ0) is 0. The predicted molar refractivity (Wildman–Crippen MR) is 15.8 cm³/mol. The first-order chi connectivity index (χ1) is 0. The van der Waals surface area contributed by atoms with Crippen LogP contribution in [0.25, 0.3) is 0 Å². The monoisotopic (exact) mass is 425 g/mol. The van der Waals surface area contributed by atoms with E-state index in [1.54, 1.807) is 0 Å². The first-order valence-electron chi connectivity index (χ1n) is 0. The van der Waals surface area contributed by atoms with Gasteiger partial charge in [0.05, 0.1) is 0 Å². The van der Waals surface area contributed by atoms with Crippen LogP contribution in [0.2, 0.25) is 0 Å². The number of hydrogen-bond donors (Lipinski definition) is 0. The zero-order valence-corrected chi connectivity index (χ0v) is 15.3. The Balaban J connectivity index is 0. The standard InChI is InChI=1S/Ag.2H2O.Sn.2Ti.Zn.2H/h;2*1H2;;;;;;.